The molecule has 2 aromatic rings. The highest BCUT2D eigenvalue weighted by molar-refractivity contribution is 5.75. The standard InChI is InChI=1S/C21H22F3NO3/c1-28-19-6-5-15(14-26)11-16(19)13-25-9-7-20(27,8-10-25)17-3-2-4-18(12-17)21(22,23)24/h2-6,11-12,14,27H,7-10,13H2,1H3. The van der Waals surface area contributed by atoms with E-state index in [2.05, 4.69) is 4.90 Å². The van der Waals surface area contributed by atoms with Crippen molar-refractivity contribution in [3.05, 3.63) is 64.7 Å². The number of ether oxygens (including phenoxy) is 1. The van der Waals surface area contributed by atoms with E-state index in [1.807, 2.05) is 0 Å². The zero-order chi connectivity index (χ0) is 20.4. The Morgan fingerprint density at radius 2 is 1.89 bits per heavy atom. The molecule has 7 heteroatoms. The maximum Gasteiger partial charge on any atom is 0.416 e. The Bertz CT molecular complexity index is 843. The number of likely N-dealkylation sites (tertiary alicyclic amines) is 1. The number of benzene rings is 2. The van der Waals surface area contributed by atoms with Gasteiger partial charge in [0.15, 0.2) is 0 Å². The molecule has 1 heterocycles. The van der Waals surface area contributed by atoms with Gasteiger partial charge >= 0.3 is 6.18 Å². The molecule has 0 atom stereocenters. The topological polar surface area (TPSA) is 49.8 Å². The SMILES string of the molecule is COc1ccc(C=O)cc1CN1CCC(O)(c2cccc(C(F)(F)F)c2)CC1. The molecule has 0 spiro atoms. The number of aldehydes is 1. The summed E-state index contributed by atoms with van der Waals surface area (Å²) in [5, 5.41) is 10.9. The molecule has 1 aliphatic heterocycles. The number of carbonyl (C=O) groups excluding carboxylic acids is 1. The summed E-state index contributed by atoms with van der Waals surface area (Å²) in [4.78, 5) is 13.1. The molecule has 0 saturated carbocycles. The summed E-state index contributed by atoms with van der Waals surface area (Å²) in [7, 11) is 1.56. The molecule has 0 unspecified atom stereocenters. The molecule has 150 valence electrons. The van der Waals surface area contributed by atoms with Gasteiger partial charge in [0.1, 0.15) is 12.0 Å². The highest BCUT2D eigenvalue weighted by Gasteiger charge is 2.37. The monoisotopic (exact) mass is 393 g/mol. The fourth-order valence-electron chi connectivity index (χ4n) is 3.59. The van der Waals surface area contributed by atoms with Crippen LogP contribution in [-0.4, -0.2) is 36.5 Å². The van der Waals surface area contributed by atoms with Crippen molar-refractivity contribution in [2.75, 3.05) is 20.2 Å². The van der Waals surface area contributed by atoms with Crippen molar-refractivity contribution in [1.82, 2.24) is 4.90 Å². The van der Waals surface area contributed by atoms with E-state index in [1.54, 1.807) is 31.4 Å². The van der Waals surface area contributed by atoms with Gasteiger partial charge in [-0.25, -0.2) is 0 Å². The number of hydrogen-bond donors (Lipinski definition) is 1. The van der Waals surface area contributed by atoms with Gasteiger partial charge in [-0.1, -0.05) is 12.1 Å². The Hall–Kier alpha value is -2.38. The normalized spacial score (nSPS) is 17.3. The van der Waals surface area contributed by atoms with Crippen molar-refractivity contribution in [3.63, 3.8) is 0 Å². The van der Waals surface area contributed by atoms with E-state index in [-0.39, 0.29) is 0 Å². The molecule has 0 radical (unpaired) electrons. The summed E-state index contributed by atoms with van der Waals surface area (Å²) in [6.45, 7) is 1.56. The molecule has 2 aromatic carbocycles. The first kappa shape index (κ1) is 20.4. The Morgan fingerprint density at radius 1 is 1.18 bits per heavy atom. The molecule has 0 amide bonds. The molecule has 1 fully saturated rings. The van der Waals surface area contributed by atoms with E-state index in [0.29, 0.717) is 49.4 Å². The molecule has 0 aromatic heterocycles. The van der Waals surface area contributed by atoms with Crippen LogP contribution in [0.2, 0.25) is 0 Å². The fourth-order valence-corrected chi connectivity index (χ4v) is 3.59. The van der Waals surface area contributed by atoms with Crippen LogP contribution < -0.4 is 4.74 Å². The van der Waals surface area contributed by atoms with Gasteiger partial charge in [0.25, 0.3) is 0 Å². The Morgan fingerprint density at radius 3 is 2.50 bits per heavy atom. The molecule has 0 aliphatic carbocycles. The van der Waals surface area contributed by atoms with E-state index in [9.17, 15) is 23.1 Å². The third-order valence-corrected chi connectivity index (χ3v) is 5.24. The minimum absolute atomic E-state index is 0.294. The molecule has 1 N–H and O–H groups in total. The first-order valence-electron chi connectivity index (χ1n) is 9.00. The maximum atomic E-state index is 13.0. The van der Waals surface area contributed by atoms with Crippen LogP contribution in [0, 0.1) is 0 Å². The van der Waals surface area contributed by atoms with Gasteiger partial charge in [-0.05, 0) is 48.7 Å². The van der Waals surface area contributed by atoms with Gasteiger partial charge in [-0.15, -0.1) is 0 Å². The number of halogens is 3. The number of aliphatic hydroxyl groups is 1. The number of rotatable bonds is 5. The van der Waals surface area contributed by atoms with Crippen LogP contribution in [0.4, 0.5) is 13.2 Å². The van der Waals surface area contributed by atoms with Crippen LogP contribution >= 0.6 is 0 Å². The quantitative estimate of drug-likeness (QED) is 0.780. The summed E-state index contributed by atoms with van der Waals surface area (Å²) in [5.41, 5.74) is -0.337. The number of methoxy groups -OCH3 is 1. The summed E-state index contributed by atoms with van der Waals surface area (Å²) in [6.07, 6.45) is -3.02. The zero-order valence-corrected chi connectivity index (χ0v) is 15.5. The predicted molar refractivity (Wildman–Crippen MR) is 98.2 cm³/mol. The lowest BCUT2D eigenvalue weighted by Gasteiger charge is -2.39. The van der Waals surface area contributed by atoms with Crippen LogP contribution in [0.15, 0.2) is 42.5 Å². The van der Waals surface area contributed by atoms with Crippen molar-refractivity contribution in [1.29, 1.82) is 0 Å². The van der Waals surface area contributed by atoms with Crippen LogP contribution in [0.25, 0.3) is 0 Å². The molecule has 28 heavy (non-hydrogen) atoms. The van der Waals surface area contributed by atoms with Gasteiger partial charge < -0.3 is 9.84 Å². The largest absolute Gasteiger partial charge is 0.496 e. The van der Waals surface area contributed by atoms with Gasteiger partial charge in [-0.2, -0.15) is 13.2 Å². The highest BCUT2D eigenvalue weighted by Crippen LogP contribution is 2.37. The van der Waals surface area contributed by atoms with E-state index in [0.717, 1.165) is 24.0 Å². The molecular formula is C21H22F3NO3. The van der Waals surface area contributed by atoms with E-state index in [4.69, 9.17) is 4.74 Å². The fraction of sp³-hybridized carbons (Fsp3) is 0.381. The van der Waals surface area contributed by atoms with Crippen LogP contribution in [0.5, 0.6) is 5.75 Å². The van der Waals surface area contributed by atoms with Crippen LogP contribution in [0.1, 0.15) is 39.9 Å². The molecule has 4 nitrogen and oxygen atoms in total. The Balaban J connectivity index is 1.72. The lowest BCUT2D eigenvalue weighted by atomic mass is 9.83. The van der Waals surface area contributed by atoms with Gasteiger partial charge in [-0.3, -0.25) is 9.69 Å². The molecule has 1 aliphatic rings. The summed E-state index contributed by atoms with van der Waals surface area (Å²) in [5.74, 6) is 0.671. The second kappa shape index (κ2) is 7.93. The molecular weight excluding hydrogens is 371 g/mol. The number of piperidine rings is 1. The van der Waals surface area contributed by atoms with E-state index >= 15 is 0 Å². The number of carbonyl (C=O) groups is 1. The van der Waals surface area contributed by atoms with Gasteiger partial charge in [0, 0.05) is 30.8 Å². The summed E-state index contributed by atoms with van der Waals surface area (Å²) < 4.78 is 44.3. The van der Waals surface area contributed by atoms with Crippen LogP contribution in [0.3, 0.4) is 0 Å². The predicted octanol–water partition coefficient (Wildman–Crippen LogP) is 4.01. The summed E-state index contributed by atoms with van der Waals surface area (Å²) >= 11 is 0. The Labute approximate surface area is 161 Å². The van der Waals surface area contributed by atoms with Crippen LogP contribution in [-0.2, 0) is 18.3 Å². The number of nitrogens with zero attached hydrogens (tertiary/aromatic N) is 1. The summed E-state index contributed by atoms with van der Waals surface area (Å²) in [6, 6.07) is 10.1. The third kappa shape index (κ3) is 4.36. The lowest BCUT2D eigenvalue weighted by molar-refractivity contribution is -0.137. The molecule has 0 bridgehead atoms. The smallest absolute Gasteiger partial charge is 0.416 e. The van der Waals surface area contributed by atoms with Crippen molar-refractivity contribution >= 4 is 6.29 Å². The Kier molecular flexibility index (Phi) is 5.76. The molecule has 3 rings (SSSR count). The molecule has 1 saturated heterocycles. The zero-order valence-electron chi connectivity index (χ0n) is 15.5. The third-order valence-electron chi connectivity index (χ3n) is 5.24. The van der Waals surface area contributed by atoms with E-state index < -0.39 is 17.3 Å². The minimum atomic E-state index is -4.44. The first-order chi connectivity index (χ1) is 13.2. The average Bonchev–Trinajstić information content (AvgIpc) is 2.69. The average molecular weight is 393 g/mol. The van der Waals surface area contributed by atoms with Crippen molar-refractivity contribution in [2.45, 2.75) is 31.2 Å². The van der Waals surface area contributed by atoms with Crippen molar-refractivity contribution in [3.8, 4) is 5.75 Å². The second-order valence-corrected chi connectivity index (χ2v) is 7.08. The van der Waals surface area contributed by atoms with Crippen molar-refractivity contribution < 1.29 is 27.8 Å². The number of alkyl halides is 3. The van der Waals surface area contributed by atoms with Gasteiger partial charge in [0.2, 0.25) is 0 Å². The highest BCUT2D eigenvalue weighted by atomic mass is 19.4. The number of hydrogen-bond acceptors (Lipinski definition) is 4. The van der Waals surface area contributed by atoms with Crippen molar-refractivity contribution in [2.24, 2.45) is 0 Å². The second-order valence-electron chi connectivity index (χ2n) is 7.08. The van der Waals surface area contributed by atoms with Gasteiger partial charge in [0.05, 0.1) is 18.3 Å². The lowest BCUT2D eigenvalue weighted by Crippen LogP contribution is -2.42. The first-order valence-corrected chi connectivity index (χ1v) is 9.00. The maximum absolute atomic E-state index is 13.0. The van der Waals surface area contributed by atoms with E-state index in [1.165, 1.54) is 6.07 Å². The minimum Gasteiger partial charge on any atom is -0.496 e.